The fraction of sp³-hybridized carbons (Fsp3) is 0.375. The monoisotopic (exact) mass is 284 g/mol. The van der Waals surface area contributed by atoms with Gasteiger partial charge in [0.05, 0.1) is 0 Å². The largest absolute Gasteiger partial charge is 0.398 e. The summed E-state index contributed by atoms with van der Waals surface area (Å²) < 4.78 is 0. The predicted octanol–water partition coefficient (Wildman–Crippen LogP) is 1.87. The summed E-state index contributed by atoms with van der Waals surface area (Å²) in [5, 5.41) is 2.00. The maximum absolute atomic E-state index is 12.4. The number of carbonyl (C=O) groups excluding carboxylic acids is 1. The summed E-state index contributed by atoms with van der Waals surface area (Å²) in [7, 11) is 3.61. The Morgan fingerprint density at radius 3 is 2.90 bits per heavy atom. The molecule has 21 heavy (non-hydrogen) atoms. The number of carbonyl (C=O) groups is 1. The van der Waals surface area contributed by atoms with Crippen molar-refractivity contribution < 1.29 is 4.79 Å². The van der Waals surface area contributed by atoms with E-state index in [1.54, 1.807) is 11.1 Å². The van der Waals surface area contributed by atoms with Crippen molar-refractivity contribution in [1.82, 2.24) is 9.88 Å². The van der Waals surface area contributed by atoms with Crippen LogP contribution in [0.4, 0.5) is 11.4 Å². The molecule has 1 fully saturated rings. The minimum atomic E-state index is -0.0907. The van der Waals surface area contributed by atoms with Crippen LogP contribution < -0.4 is 10.6 Å². The molecule has 0 radical (unpaired) electrons. The van der Waals surface area contributed by atoms with E-state index < -0.39 is 0 Å². The lowest BCUT2D eigenvalue weighted by atomic mass is 10.1. The number of rotatable bonds is 2. The van der Waals surface area contributed by atoms with Crippen molar-refractivity contribution in [3.63, 3.8) is 0 Å². The predicted molar refractivity (Wildman–Crippen MR) is 85.2 cm³/mol. The average Bonchev–Trinajstić information content (AvgIpc) is 2.96. The smallest absolute Gasteiger partial charge is 0.244 e. The molecular weight excluding hydrogens is 264 g/mol. The molecule has 2 heterocycles. The number of aromatic nitrogens is 1. The lowest BCUT2D eigenvalue weighted by Gasteiger charge is -2.29. The van der Waals surface area contributed by atoms with Gasteiger partial charge in [-0.05, 0) is 31.0 Å². The molecule has 1 saturated heterocycles. The molecule has 1 amide bonds. The van der Waals surface area contributed by atoms with Crippen molar-refractivity contribution >= 4 is 28.1 Å². The van der Waals surface area contributed by atoms with E-state index in [0.29, 0.717) is 0 Å². The van der Waals surface area contributed by atoms with Gasteiger partial charge in [-0.15, -0.1) is 0 Å². The van der Waals surface area contributed by atoms with Gasteiger partial charge in [0.25, 0.3) is 0 Å². The molecule has 1 aliphatic heterocycles. The third-order valence-electron chi connectivity index (χ3n) is 4.12. The van der Waals surface area contributed by atoms with Crippen molar-refractivity contribution in [3.05, 3.63) is 30.6 Å². The van der Waals surface area contributed by atoms with Gasteiger partial charge in [0, 0.05) is 55.2 Å². The molecule has 2 aromatic rings. The van der Waals surface area contributed by atoms with Crippen LogP contribution in [0.1, 0.15) is 12.8 Å². The summed E-state index contributed by atoms with van der Waals surface area (Å²) in [6.45, 7) is 0.887. The lowest BCUT2D eigenvalue weighted by Crippen LogP contribution is -2.42. The molecule has 1 aromatic heterocycles. The van der Waals surface area contributed by atoms with E-state index in [2.05, 4.69) is 9.88 Å². The van der Waals surface area contributed by atoms with E-state index in [1.807, 2.05) is 38.5 Å². The molecular formula is C16H20N4O. The van der Waals surface area contributed by atoms with Gasteiger partial charge in [-0.3, -0.25) is 9.78 Å². The first-order chi connectivity index (χ1) is 10.1. The van der Waals surface area contributed by atoms with Crippen molar-refractivity contribution in [3.8, 4) is 0 Å². The molecule has 5 nitrogen and oxygen atoms in total. The molecule has 1 aromatic carbocycles. The number of pyridine rings is 1. The number of nitrogens with two attached hydrogens (primary N) is 1. The first-order valence-electron chi connectivity index (χ1n) is 7.19. The first-order valence-corrected chi connectivity index (χ1v) is 7.19. The molecule has 3 rings (SSSR count). The zero-order chi connectivity index (χ0) is 15.0. The molecule has 2 N–H and O–H groups in total. The zero-order valence-electron chi connectivity index (χ0n) is 12.4. The number of benzene rings is 1. The van der Waals surface area contributed by atoms with Crippen LogP contribution in [0.5, 0.6) is 0 Å². The van der Waals surface area contributed by atoms with E-state index >= 15 is 0 Å². The zero-order valence-corrected chi connectivity index (χ0v) is 12.4. The molecule has 0 bridgehead atoms. The minimum Gasteiger partial charge on any atom is -0.398 e. The second kappa shape index (κ2) is 5.24. The summed E-state index contributed by atoms with van der Waals surface area (Å²) in [5.41, 5.74) is 7.83. The Morgan fingerprint density at radius 1 is 1.33 bits per heavy atom. The number of anilines is 2. The van der Waals surface area contributed by atoms with E-state index in [-0.39, 0.29) is 11.9 Å². The summed E-state index contributed by atoms with van der Waals surface area (Å²) in [5.74, 6) is 0.154. The second-order valence-electron chi connectivity index (χ2n) is 5.68. The van der Waals surface area contributed by atoms with Gasteiger partial charge in [-0.25, -0.2) is 0 Å². The maximum Gasteiger partial charge on any atom is 0.244 e. The molecule has 1 unspecified atom stereocenters. The second-order valence-corrected chi connectivity index (χ2v) is 5.68. The van der Waals surface area contributed by atoms with Crippen molar-refractivity contribution in [1.29, 1.82) is 0 Å². The fourth-order valence-corrected chi connectivity index (χ4v) is 3.06. The number of nitrogens with zero attached hydrogens (tertiary/aromatic N) is 3. The normalized spacial score (nSPS) is 18.2. The molecule has 1 atom stereocenters. The van der Waals surface area contributed by atoms with Crippen LogP contribution in [-0.4, -0.2) is 42.5 Å². The summed E-state index contributed by atoms with van der Waals surface area (Å²) in [6.07, 6.45) is 5.49. The standard InChI is InChI=1S/C16H20N4O/c1-19(2)16(21)15-4-3-9-20(15)14-6-5-13(17)11-7-8-18-10-12(11)14/h5-8,10,15H,3-4,9,17H2,1-2H3. The van der Waals surface area contributed by atoms with E-state index in [0.717, 1.165) is 41.5 Å². The van der Waals surface area contributed by atoms with Crippen LogP contribution in [-0.2, 0) is 4.79 Å². The SMILES string of the molecule is CN(C)C(=O)C1CCCN1c1ccc(N)c2ccncc12. The quantitative estimate of drug-likeness (QED) is 0.855. The maximum atomic E-state index is 12.4. The van der Waals surface area contributed by atoms with Gasteiger partial charge in [0.15, 0.2) is 0 Å². The highest BCUT2D eigenvalue weighted by Crippen LogP contribution is 2.34. The topological polar surface area (TPSA) is 62.5 Å². The molecule has 0 spiro atoms. The highest BCUT2D eigenvalue weighted by Gasteiger charge is 2.32. The highest BCUT2D eigenvalue weighted by molar-refractivity contribution is 6.02. The third kappa shape index (κ3) is 2.28. The number of hydrogen-bond donors (Lipinski definition) is 1. The minimum absolute atomic E-state index is 0.0907. The summed E-state index contributed by atoms with van der Waals surface area (Å²) >= 11 is 0. The van der Waals surface area contributed by atoms with Crippen LogP contribution in [0.25, 0.3) is 10.8 Å². The van der Waals surface area contributed by atoms with Crippen LogP contribution >= 0.6 is 0 Å². The Bertz CT molecular complexity index is 683. The Balaban J connectivity index is 2.08. The Morgan fingerprint density at radius 2 is 2.14 bits per heavy atom. The molecule has 110 valence electrons. The molecule has 5 heteroatoms. The lowest BCUT2D eigenvalue weighted by molar-refractivity contribution is -0.129. The van der Waals surface area contributed by atoms with Crippen LogP contribution in [0.2, 0.25) is 0 Å². The van der Waals surface area contributed by atoms with E-state index in [9.17, 15) is 4.79 Å². The van der Waals surface area contributed by atoms with Gasteiger partial charge in [-0.2, -0.15) is 0 Å². The van der Waals surface area contributed by atoms with Gasteiger partial charge < -0.3 is 15.5 Å². The van der Waals surface area contributed by atoms with Gasteiger partial charge in [0.2, 0.25) is 5.91 Å². The van der Waals surface area contributed by atoms with Crippen molar-refractivity contribution in [2.75, 3.05) is 31.3 Å². The average molecular weight is 284 g/mol. The van der Waals surface area contributed by atoms with Crippen molar-refractivity contribution in [2.24, 2.45) is 0 Å². The number of hydrogen-bond acceptors (Lipinski definition) is 4. The van der Waals surface area contributed by atoms with Crippen LogP contribution in [0.15, 0.2) is 30.6 Å². The summed E-state index contributed by atoms with van der Waals surface area (Å²) in [6, 6.07) is 5.74. The van der Waals surface area contributed by atoms with Crippen LogP contribution in [0, 0.1) is 0 Å². The molecule has 0 aliphatic carbocycles. The molecule has 1 aliphatic rings. The van der Waals surface area contributed by atoms with Gasteiger partial charge in [0.1, 0.15) is 6.04 Å². The third-order valence-corrected chi connectivity index (χ3v) is 4.12. The Kier molecular flexibility index (Phi) is 3.41. The highest BCUT2D eigenvalue weighted by atomic mass is 16.2. The summed E-state index contributed by atoms with van der Waals surface area (Å²) in [4.78, 5) is 20.4. The van der Waals surface area contributed by atoms with Crippen molar-refractivity contribution in [2.45, 2.75) is 18.9 Å². The Hall–Kier alpha value is -2.30. The fourth-order valence-electron chi connectivity index (χ4n) is 3.06. The van der Waals surface area contributed by atoms with E-state index in [1.165, 1.54) is 0 Å². The number of fused-ring (bicyclic) bond motifs is 1. The van der Waals surface area contributed by atoms with E-state index in [4.69, 9.17) is 5.73 Å². The number of nitrogen functional groups attached to an aromatic ring is 1. The van der Waals surface area contributed by atoms with Gasteiger partial charge >= 0.3 is 0 Å². The van der Waals surface area contributed by atoms with Crippen LogP contribution in [0.3, 0.4) is 0 Å². The number of likely N-dealkylation sites (N-methyl/N-ethyl adjacent to an activating group) is 1. The molecule has 0 saturated carbocycles. The Labute approximate surface area is 124 Å². The first kappa shape index (κ1) is 13.7. The van der Waals surface area contributed by atoms with Gasteiger partial charge in [-0.1, -0.05) is 0 Å². The number of amides is 1.